The highest BCUT2D eigenvalue weighted by atomic mass is 16.5. The zero-order valence-corrected chi connectivity index (χ0v) is 17.4. The lowest BCUT2D eigenvalue weighted by molar-refractivity contribution is 0.391. The van der Waals surface area contributed by atoms with Crippen molar-refractivity contribution >= 4 is 11.6 Å². The summed E-state index contributed by atoms with van der Waals surface area (Å²) in [5.74, 6) is 2.96. The van der Waals surface area contributed by atoms with Crippen LogP contribution in [-0.2, 0) is 13.0 Å². The monoisotopic (exact) mass is 403 g/mol. The summed E-state index contributed by atoms with van der Waals surface area (Å²) < 4.78 is 12.6. The van der Waals surface area contributed by atoms with Gasteiger partial charge in [-0.05, 0) is 18.6 Å². The highest BCUT2D eigenvalue weighted by molar-refractivity contribution is 5.65. The lowest BCUT2D eigenvalue weighted by Crippen LogP contribution is -2.09. The maximum absolute atomic E-state index is 5.52. The number of nitrogens with zero attached hydrogens (tertiary/aromatic N) is 4. The van der Waals surface area contributed by atoms with Gasteiger partial charge in [-0.1, -0.05) is 37.3 Å². The Morgan fingerprint density at radius 1 is 0.967 bits per heavy atom. The standard InChI is InChI=1S/C23H25N5O2/c1-4-8-21-26-22-14-19(16-9-6-5-7-10-16)25-23(28(22)27-21)24-15-17-11-12-18(29-2)13-20(17)30-3/h5-7,9-14H,4,8,15H2,1-3H3,(H,24,25). The second-order valence-electron chi connectivity index (χ2n) is 6.91. The van der Waals surface area contributed by atoms with Gasteiger partial charge in [-0.25, -0.2) is 9.97 Å². The van der Waals surface area contributed by atoms with Gasteiger partial charge in [0.25, 0.3) is 0 Å². The smallest absolute Gasteiger partial charge is 0.226 e. The van der Waals surface area contributed by atoms with E-state index in [0.717, 1.165) is 52.6 Å². The molecule has 30 heavy (non-hydrogen) atoms. The van der Waals surface area contributed by atoms with E-state index in [-0.39, 0.29) is 0 Å². The molecule has 0 aliphatic carbocycles. The highest BCUT2D eigenvalue weighted by Gasteiger charge is 2.13. The Morgan fingerprint density at radius 3 is 2.53 bits per heavy atom. The Labute approximate surface area is 175 Å². The van der Waals surface area contributed by atoms with Crippen LogP contribution in [0.1, 0.15) is 24.7 Å². The molecular formula is C23H25N5O2. The van der Waals surface area contributed by atoms with Crippen LogP contribution in [0.4, 0.5) is 5.95 Å². The van der Waals surface area contributed by atoms with Crippen LogP contribution in [0.25, 0.3) is 16.9 Å². The Kier molecular flexibility index (Phi) is 5.79. The molecule has 0 bridgehead atoms. The van der Waals surface area contributed by atoms with Crippen molar-refractivity contribution in [2.45, 2.75) is 26.3 Å². The number of anilines is 1. The van der Waals surface area contributed by atoms with Gasteiger partial charge in [0.15, 0.2) is 11.5 Å². The van der Waals surface area contributed by atoms with E-state index in [1.807, 2.05) is 54.6 Å². The molecule has 2 aromatic heterocycles. The van der Waals surface area contributed by atoms with Crippen molar-refractivity contribution in [3.8, 4) is 22.8 Å². The number of hydrogen-bond acceptors (Lipinski definition) is 6. The van der Waals surface area contributed by atoms with Crippen molar-refractivity contribution in [1.29, 1.82) is 0 Å². The molecule has 0 unspecified atom stereocenters. The summed E-state index contributed by atoms with van der Waals surface area (Å²) in [4.78, 5) is 9.52. The van der Waals surface area contributed by atoms with Crippen molar-refractivity contribution in [2.24, 2.45) is 0 Å². The van der Waals surface area contributed by atoms with Gasteiger partial charge in [-0.15, -0.1) is 5.10 Å². The fraction of sp³-hybridized carbons (Fsp3) is 0.261. The molecule has 7 nitrogen and oxygen atoms in total. The van der Waals surface area contributed by atoms with Crippen LogP contribution in [0.3, 0.4) is 0 Å². The third-order valence-electron chi connectivity index (χ3n) is 4.84. The highest BCUT2D eigenvalue weighted by Crippen LogP contribution is 2.26. The van der Waals surface area contributed by atoms with E-state index in [9.17, 15) is 0 Å². The summed E-state index contributed by atoms with van der Waals surface area (Å²) in [7, 11) is 3.29. The zero-order valence-electron chi connectivity index (χ0n) is 17.4. The van der Waals surface area contributed by atoms with Crippen molar-refractivity contribution < 1.29 is 9.47 Å². The van der Waals surface area contributed by atoms with E-state index in [0.29, 0.717) is 12.5 Å². The Balaban J connectivity index is 1.71. The number of hydrogen-bond donors (Lipinski definition) is 1. The number of aromatic nitrogens is 4. The molecule has 4 rings (SSSR count). The fourth-order valence-electron chi connectivity index (χ4n) is 3.31. The second-order valence-corrected chi connectivity index (χ2v) is 6.91. The fourth-order valence-corrected chi connectivity index (χ4v) is 3.31. The van der Waals surface area contributed by atoms with Crippen molar-refractivity contribution in [1.82, 2.24) is 19.6 Å². The predicted octanol–water partition coefficient (Wildman–Crippen LogP) is 4.37. The second kappa shape index (κ2) is 8.82. The van der Waals surface area contributed by atoms with Crippen molar-refractivity contribution in [3.05, 3.63) is 66.0 Å². The summed E-state index contributed by atoms with van der Waals surface area (Å²) in [5.41, 5.74) is 3.65. The lowest BCUT2D eigenvalue weighted by atomic mass is 10.1. The van der Waals surface area contributed by atoms with Crippen molar-refractivity contribution in [2.75, 3.05) is 19.5 Å². The molecule has 4 aromatic rings. The van der Waals surface area contributed by atoms with Crippen molar-refractivity contribution in [3.63, 3.8) is 0 Å². The largest absolute Gasteiger partial charge is 0.497 e. The number of benzene rings is 2. The minimum absolute atomic E-state index is 0.524. The molecule has 0 saturated carbocycles. The SMILES string of the molecule is CCCc1nc2cc(-c3ccccc3)nc(NCc3ccc(OC)cc3OC)n2n1. The van der Waals surface area contributed by atoms with Crippen LogP contribution in [0, 0.1) is 0 Å². The third kappa shape index (κ3) is 4.05. The number of fused-ring (bicyclic) bond motifs is 1. The molecule has 2 heterocycles. The van der Waals surface area contributed by atoms with Crippen LogP contribution >= 0.6 is 0 Å². The van der Waals surface area contributed by atoms with E-state index in [4.69, 9.17) is 19.4 Å². The predicted molar refractivity (Wildman–Crippen MR) is 117 cm³/mol. The van der Waals surface area contributed by atoms with Gasteiger partial charge in [-0.3, -0.25) is 0 Å². The quantitative estimate of drug-likeness (QED) is 0.471. The van der Waals surface area contributed by atoms with E-state index in [1.54, 1.807) is 18.7 Å². The molecule has 1 N–H and O–H groups in total. The maximum Gasteiger partial charge on any atom is 0.226 e. The lowest BCUT2D eigenvalue weighted by Gasteiger charge is -2.13. The summed E-state index contributed by atoms with van der Waals surface area (Å²) in [6.07, 6.45) is 1.82. The summed E-state index contributed by atoms with van der Waals surface area (Å²) in [5, 5.41) is 8.06. The molecule has 0 aliphatic heterocycles. The molecule has 0 saturated heterocycles. The minimum atomic E-state index is 0.524. The first kappa shape index (κ1) is 19.7. The van der Waals surface area contributed by atoms with E-state index >= 15 is 0 Å². The topological polar surface area (TPSA) is 73.6 Å². The van der Waals surface area contributed by atoms with Crippen LogP contribution < -0.4 is 14.8 Å². The van der Waals surface area contributed by atoms with E-state index in [1.165, 1.54) is 0 Å². The molecule has 0 atom stereocenters. The Hall–Kier alpha value is -3.61. The summed E-state index contributed by atoms with van der Waals surface area (Å²) >= 11 is 0. The molecule has 0 aliphatic rings. The van der Waals surface area contributed by atoms with Gasteiger partial charge in [0.05, 0.1) is 19.9 Å². The van der Waals surface area contributed by atoms with Gasteiger partial charge in [0.2, 0.25) is 5.95 Å². The number of methoxy groups -OCH3 is 2. The molecule has 2 aromatic carbocycles. The number of nitrogens with one attached hydrogen (secondary N) is 1. The first-order valence-electron chi connectivity index (χ1n) is 9.98. The Morgan fingerprint density at radius 2 is 1.80 bits per heavy atom. The maximum atomic E-state index is 5.52. The molecule has 0 radical (unpaired) electrons. The normalized spacial score (nSPS) is 10.9. The number of rotatable bonds is 8. The zero-order chi connectivity index (χ0) is 20.9. The van der Waals surface area contributed by atoms with Gasteiger partial charge in [0, 0.05) is 36.2 Å². The van der Waals surface area contributed by atoms with Gasteiger partial charge >= 0.3 is 0 Å². The van der Waals surface area contributed by atoms with Crippen LogP contribution in [0.2, 0.25) is 0 Å². The van der Waals surface area contributed by atoms with E-state index < -0.39 is 0 Å². The molecule has 7 heteroatoms. The molecule has 0 fully saturated rings. The van der Waals surface area contributed by atoms with Gasteiger partial charge in [-0.2, -0.15) is 4.52 Å². The van der Waals surface area contributed by atoms with Crippen LogP contribution in [0.5, 0.6) is 11.5 Å². The summed E-state index contributed by atoms with van der Waals surface area (Å²) in [6, 6.07) is 17.8. The average Bonchev–Trinajstić information content (AvgIpc) is 3.20. The first-order chi connectivity index (χ1) is 14.7. The number of aryl methyl sites for hydroxylation is 1. The van der Waals surface area contributed by atoms with Gasteiger partial charge < -0.3 is 14.8 Å². The first-order valence-corrected chi connectivity index (χ1v) is 9.98. The molecule has 154 valence electrons. The van der Waals surface area contributed by atoms with Crippen LogP contribution in [-0.4, -0.2) is 33.8 Å². The summed E-state index contributed by atoms with van der Waals surface area (Å²) in [6.45, 7) is 2.64. The third-order valence-corrected chi connectivity index (χ3v) is 4.84. The van der Waals surface area contributed by atoms with E-state index in [2.05, 4.69) is 17.3 Å². The molecular weight excluding hydrogens is 378 g/mol. The number of ether oxygens (including phenoxy) is 2. The molecule has 0 amide bonds. The van der Waals surface area contributed by atoms with Crippen LogP contribution in [0.15, 0.2) is 54.6 Å². The Bertz CT molecular complexity index is 1140. The van der Waals surface area contributed by atoms with Gasteiger partial charge in [0.1, 0.15) is 11.5 Å². The minimum Gasteiger partial charge on any atom is -0.497 e. The average molecular weight is 403 g/mol. The molecule has 0 spiro atoms.